The number of ether oxygens (including phenoxy) is 1. The molecule has 5 nitrogen and oxygen atoms in total. The molecule has 1 N–H and O–H groups in total. The Kier molecular flexibility index (Phi) is 3.92. The lowest BCUT2D eigenvalue weighted by molar-refractivity contribution is 0.415. The Morgan fingerprint density at radius 2 is 2.00 bits per heavy atom. The number of nitrogens with zero attached hydrogens (tertiary/aromatic N) is 2. The molecule has 0 aliphatic heterocycles. The summed E-state index contributed by atoms with van der Waals surface area (Å²) in [5.74, 6) is 0.810. The van der Waals surface area contributed by atoms with Gasteiger partial charge >= 0.3 is 0 Å². The van der Waals surface area contributed by atoms with E-state index in [4.69, 9.17) is 9.72 Å². The summed E-state index contributed by atoms with van der Waals surface area (Å²) in [5, 5.41) is 10.2. The lowest BCUT2D eigenvalue weighted by atomic mass is 9.87. The standard InChI is InChI=1S/C22H17N3O2S/c1-27-14-8-6-12(7-9-14)18-15-4-2-3-5-16(15)24-22-19(18)20-17(28-22)10-13(11-23)21(26)25-20/h6-10H,2-5H2,1H3,(H,25,26). The van der Waals surface area contributed by atoms with E-state index in [2.05, 4.69) is 17.1 Å². The second-order valence-corrected chi connectivity index (χ2v) is 8.02. The number of pyridine rings is 2. The van der Waals surface area contributed by atoms with Crippen LogP contribution in [0.25, 0.3) is 31.6 Å². The fourth-order valence-corrected chi connectivity index (χ4v) is 5.17. The molecule has 0 fully saturated rings. The van der Waals surface area contributed by atoms with Crippen LogP contribution in [0.3, 0.4) is 0 Å². The van der Waals surface area contributed by atoms with E-state index in [1.165, 1.54) is 16.9 Å². The summed E-state index contributed by atoms with van der Waals surface area (Å²) in [6, 6.07) is 11.7. The van der Waals surface area contributed by atoms with Crippen molar-refractivity contribution in [2.75, 3.05) is 7.11 Å². The number of fused-ring (bicyclic) bond motifs is 4. The molecule has 1 aliphatic rings. The number of nitriles is 1. The summed E-state index contributed by atoms with van der Waals surface area (Å²) < 4.78 is 6.20. The number of H-pyrrole nitrogens is 1. The average Bonchev–Trinajstić information content (AvgIpc) is 3.08. The Hall–Kier alpha value is -3.17. The molecule has 0 atom stereocenters. The van der Waals surface area contributed by atoms with Gasteiger partial charge in [0.05, 0.1) is 17.3 Å². The molecule has 3 heterocycles. The molecule has 0 unspecified atom stereocenters. The quantitative estimate of drug-likeness (QED) is 0.547. The number of aryl methyl sites for hydroxylation is 1. The molecular weight excluding hydrogens is 370 g/mol. The van der Waals surface area contributed by atoms with Gasteiger partial charge in [-0.25, -0.2) is 4.98 Å². The molecule has 0 amide bonds. The first-order valence-corrected chi connectivity index (χ1v) is 10.1. The molecule has 28 heavy (non-hydrogen) atoms. The Bertz CT molecular complexity index is 1330. The lowest BCUT2D eigenvalue weighted by Crippen LogP contribution is -2.10. The number of nitrogens with one attached hydrogen (secondary N) is 1. The van der Waals surface area contributed by atoms with Gasteiger partial charge in [-0.3, -0.25) is 4.79 Å². The Morgan fingerprint density at radius 1 is 1.21 bits per heavy atom. The van der Waals surface area contributed by atoms with E-state index in [1.54, 1.807) is 13.2 Å². The first-order chi connectivity index (χ1) is 13.7. The predicted octanol–water partition coefficient (Wildman–Crippen LogP) is 4.56. The second kappa shape index (κ2) is 6.47. The molecule has 5 rings (SSSR count). The Morgan fingerprint density at radius 3 is 2.75 bits per heavy atom. The van der Waals surface area contributed by atoms with Crippen molar-refractivity contribution in [2.24, 2.45) is 0 Å². The first kappa shape index (κ1) is 17.0. The summed E-state index contributed by atoms with van der Waals surface area (Å²) in [6.45, 7) is 0. The number of benzene rings is 1. The zero-order valence-corrected chi connectivity index (χ0v) is 16.2. The number of methoxy groups -OCH3 is 1. The molecule has 0 spiro atoms. The van der Waals surface area contributed by atoms with Crippen molar-refractivity contribution in [1.29, 1.82) is 5.26 Å². The highest BCUT2D eigenvalue weighted by Crippen LogP contribution is 2.42. The monoisotopic (exact) mass is 387 g/mol. The van der Waals surface area contributed by atoms with Gasteiger partial charge in [-0.2, -0.15) is 5.26 Å². The molecular formula is C22H17N3O2S. The van der Waals surface area contributed by atoms with Crippen LogP contribution in [0.15, 0.2) is 35.1 Å². The predicted molar refractivity (Wildman–Crippen MR) is 111 cm³/mol. The van der Waals surface area contributed by atoms with Gasteiger partial charge in [0, 0.05) is 11.1 Å². The number of hydrogen-bond acceptors (Lipinski definition) is 5. The van der Waals surface area contributed by atoms with Crippen LogP contribution >= 0.6 is 11.3 Å². The zero-order valence-electron chi connectivity index (χ0n) is 15.3. The summed E-state index contributed by atoms with van der Waals surface area (Å²) in [5.41, 5.74) is 5.22. The fourth-order valence-electron chi connectivity index (χ4n) is 4.07. The highest BCUT2D eigenvalue weighted by Gasteiger charge is 2.23. The third-order valence-corrected chi connectivity index (χ3v) is 6.43. The number of hydrogen-bond donors (Lipinski definition) is 1. The second-order valence-electron chi connectivity index (χ2n) is 6.99. The Labute approximate surface area is 165 Å². The van der Waals surface area contributed by atoms with E-state index in [9.17, 15) is 10.1 Å². The minimum atomic E-state index is -0.354. The molecule has 1 aromatic carbocycles. The van der Waals surface area contributed by atoms with Gasteiger partial charge < -0.3 is 9.72 Å². The van der Waals surface area contributed by atoms with Gasteiger partial charge in [0.1, 0.15) is 22.2 Å². The van der Waals surface area contributed by atoms with E-state index in [-0.39, 0.29) is 11.1 Å². The van der Waals surface area contributed by atoms with Gasteiger partial charge in [0.25, 0.3) is 5.56 Å². The zero-order chi connectivity index (χ0) is 19.3. The molecule has 1 aliphatic carbocycles. The third-order valence-electron chi connectivity index (χ3n) is 5.40. The summed E-state index contributed by atoms with van der Waals surface area (Å²) in [7, 11) is 1.66. The molecule has 0 saturated carbocycles. The van der Waals surface area contributed by atoms with E-state index < -0.39 is 0 Å². The summed E-state index contributed by atoms with van der Waals surface area (Å²) in [6.07, 6.45) is 4.24. The van der Waals surface area contributed by atoms with Crippen LogP contribution in [-0.4, -0.2) is 17.1 Å². The number of rotatable bonds is 2. The number of aromatic nitrogens is 2. The van der Waals surface area contributed by atoms with Crippen molar-refractivity contribution in [3.63, 3.8) is 0 Å². The highest BCUT2D eigenvalue weighted by atomic mass is 32.1. The highest BCUT2D eigenvalue weighted by molar-refractivity contribution is 7.25. The van der Waals surface area contributed by atoms with Crippen LogP contribution in [0.5, 0.6) is 5.75 Å². The van der Waals surface area contributed by atoms with Gasteiger partial charge in [0.2, 0.25) is 0 Å². The molecule has 6 heteroatoms. The number of aromatic amines is 1. The molecule has 3 aromatic heterocycles. The molecule has 0 saturated heterocycles. The number of thiophene rings is 1. The molecule has 0 bridgehead atoms. The van der Waals surface area contributed by atoms with Crippen molar-refractivity contribution >= 4 is 31.8 Å². The normalized spacial score (nSPS) is 13.4. The third kappa shape index (κ3) is 2.51. The van der Waals surface area contributed by atoms with Crippen molar-refractivity contribution in [3.05, 3.63) is 57.5 Å². The smallest absolute Gasteiger partial charge is 0.266 e. The molecule has 0 radical (unpaired) electrons. The van der Waals surface area contributed by atoms with Crippen LogP contribution in [0, 0.1) is 11.3 Å². The summed E-state index contributed by atoms with van der Waals surface area (Å²) >= 11 is 1.53. The maximum absolute atomic E-state index is 12.3. The molecule has 4 aromatic rings. The van der Waals surface area contributed by atoms with E-state index >= 15 is 0 Å². The van der Waals surface area contributed by atoms with Crippen molar-refractivity contribution in [2.45, 2.75) is 25.7 Å². The van der Waals surface area contributed by atoms with E-state index in [0.717, 1.165) is 68.7 Å². The van der Waals surface area contributed by atoms with Crippen LogP contribution in [-0.2, 0) is 12.8 Å². The lowest BCUT2D eigenvalue weighted by Gasteiger charge is -2.20. The van der Waals surface area contributed by atoms with Crippen molar-refractivity contribution in [1.82, 2.24) is 9.97 Å². The van der Waals surface area contributed by atoms with Gasteiger partial charge in [-0.15, -0.1) is 11.3 Å². The van der Waals surface area contributed by atoms with E-state index in [0.29, 0.717) is 0 Å². The van der Waals surface area contributed by atoms with E-state index in [1.807, 2.05) is 18.2 Å². The van der Waals surface area contributed by atoms with Crippen molar-refractivity contribution < 1.29 is 4.74 Å². The summed E-state index contributed by atoms with van der Waals surface area (Å²) in [4.78, 5) is 21.1. The largest absolute Gasteiger partial charge is 0.497 e. The van der Waals surface area contributed by atoms with Crippen LogP contribution in [0.2, 0.25) is 0 Å². The van der Waals surface area contributed by atoms with Crippen LogP contribution in [0.4, 0.5) is 0 Å². The topological polar surface area (TPSA) is 78.8 Å². The maximum Gasteiger partial charge on any atom is 0.266 e. The average molecular weight is 387 g/mol. The minimum Gasteiger partial charge on any atom is -0.497 e. The van der Waals surface area contributed by atoms with Gasteiger partial charge in [0.15, 0.2) is 0 Å². The van der Waals surface area contributed by atoms with Crippen molar-refractivity contribution in [3.8, 4) is 22.9 Å². The fraction of sp³-hybridized carbons (Fsp3) is 0.227. The minimum absolute atomic E-state index is 0.134. The van der Waals surface area contributed by atoms with Crippen LogP contribution < -0.4 is 10.3 Å². The SMILES string of the molecule is COc1ccc(-c2c3c(nc4sc5cc(C#N)c(=O)[nH]c5c24)CCCC3)cc1. The first-order valence-electron chi connectivity index (χ1n) is 9.25. The maximum atomic E-state index is 12.3. The van der Waals surface area contributed by atoms with Gasteiger partial charge in [-0.1, -0.05) is 12.1 Å². The Balaban J connectivity index is 1.91. The van der Waals surface area contributed by atoms with Gasteiger partial charge in [-0.05, 0) is 60.6 Å². The van der Waals surface area contributed by atoms with Crippen LogP contribution in [0.1, 0.15) is 29.7 Å². The molecule has 138 valence electrons.